The first-order chi connectivity index (χ1) is 20.5. The number of carboxylic acids is 1. The molecule has 1 amide bonds. The lowest BCUT2D eigenvalue weighted by Gasteiger charge is -2.58. The normalized spacial score (nSPS) is 34.8. The van der Waals surface area contributed by atoms with Crippen LogP contribution in [0.1, 0.15) is 70.8 Å². The van der Waals surface area contributed by atoms with Gasteiger partial charge in [0.25, 0.3) is 5.91 Å². The first kappa shape index (κ1) is 29.3. The van der Waals surface area contributed by atoms with E-state index in [4.69, 9.17) is 11.3 Å². The zero-order chi connectivity index (χ0) is 30.6. The summed E-state index contributed by atoms with van der Waals surface area (Å²) in [5, 5.41) is 38.2. The molecule has 6 rings (SSSR count). The molecule has 3 fully saturated rings. The molecule has 0 aliphatic heterocycles. The Labute approximate surface area is 251 Å². The number of aliphatic carboxylic acids is 1. The molecule has 0 spiro atoms. The van der Waals surface area contributed by atoms with Crippen molar-refractivity contribution in [1.82, 2.24) is 10.3 Å². The molecule has 7 atom stereocenters. The van der Waals surface area contributed by atoms with E-state index in [0.717, 1.165) is 61.6 Å². The molecule has 9 heteroatoms. The SMILES string of the molecule is C#CC1(O)CCC2C3CCC4=CC(=NOCC(=O)NC(Cc5c[nH]c6cc(O)ccc56)C(=O)O)CCC4(C)C3CCC21C. The van der Waals surface area contributed by atoms with E-state index in [1.807, 2.05) is 0 Å². The molecule has 4 aliphatic carbocycles. The summed E-state index contributed by atoms with van der Waals surface area (Å²) in [6, 6.07) is 3.68. The highest BCUT2D eigenvalue weighted by molar-refractivity contribution is 5.96. The minimum Gasteiger partial charge on any atom is -0.508 e. The molecule has 1 aromatic carbocycles. The van der Waals surface area contributed by atoms with E-state index < -0.39 is 23.5 Å². The van der Waals surface area contributed by atoms with Crippen molar-refractivity contribution in [2.45, 2.75) is 83.3 Å². The van der Waals surface area contributed by atoms with Gasteiger partial charge in [0.05, 0.1) is 5.71 Å². The number of carbonyl (C=O) groups is 2. The van der Waals surface area contributed by atoms with Gasteiger partial charge in [-0.05, 0) is 98.3 Å². The Morgan fingerprint density at radius 1 is 1.19 bits per heavy atom. The standard InChI is InChI=1S/C34H41N3O6/c1-4-34(42)14-11-27-25-7-5-21-16-22(9-12-32(21,2)26(25)10-13-33(27,34)3)37-43-19-30(39)36-29(31(40)41)15-20-18-35-28-17-23(38)6-8-24(20)28/h1,6,8,16-18,25-27,29,35,38,42H,5,7,9-15,19H2,2-3H3,(H,36,39)(H,40,41). The molecule has 4 aliphatic rings. The summed E-state index contributed by atoms with van der Waals surface area (Å²) in [6.45, 7) is 4.22. The number of phenols is 1. The summed E-state index contributed by atoms with van der Waals surface area (Å²) < 4.78 is 0. The summed E-state index contributed by atoms with van der Waals surface area (Å²) in [4.78, 5) is 32.9. The van der Waals surface area contributed by atoms with E-state index in [2.05, 4.69) is 41.3 Å². The van der Waals surface area contributed by atoms with Crippen molar-refractivity contribution < 1.29 is 29.7 Å². The maximum absolute atomic E-state index is 12.6. The van der Waals surface area contributed by atoms with Gasteiger partial charge in [0.1, 0.15) is 17.4 Å². The number of terminal acetylenes is 1. The molecule has 9 nitrogen and oxygen atoms in total. The lowest BCUT2D eigenvalue weighted by atomic mass is 9.46. The number of H-pyrrole nitrogens is 1. The van der Waals surface area contributed by atoms with Crippen molar-refractivity contribution in [3.8, 4) is 18.1 Å². The highest BCUT2D eigenvalue weighted by Crippen LogP contribution is 2.67. The van der Waals surface area contributed by atoms with Gasteiger partial charge in [0.2, 0.25) is 0 Å². The van der Waals surface area contributed by atoms with Crippen molar-refractivity contribution in [3.63, 3.8) is 0 Å². The van der Waals surface area contributed by atoms with E-state index in [1.165, 1.54) is 11.6 Å². The fourth-order valence-corrected chi connectivity index (χ4v) is 9.07. The molecule has 43 heavy (non-hydrogen) atoms. The van der Waals surface area contributed by atoms with E-state index in [0.29, 0.717) is 29.7 Å². The number of rotatable bonds is 7. The summed E-state index contributed by atoms with van der Waals surface area (Å²) in [5.41, 5.74) is 2.46. The Bertz CT molecular complexity index is 1550. The fraction of sp³-hybridized carbons (Fsp3) is 0.559. The molecule has 2 aromatic rings. The van der Waals surface area contributed by atoms with Crippen LogP contribution in [0, 0.1) is 40.9 Å². The fourth-order valence-electron chi connectivity index (χ4n) is 9.07. The van der Waals surface area contributed by atoms with Crippen LogP contribution in [0.4, 0.5) is 0 Å². The third kappa shape index (κ3) is 4.90. The van der Waals surface area contributed by atoms with Crippen LogP contribution in [0.25, 0.3) is 10.9 Å². The lowest BCUT2D eigenvalue weighted by Crippen LogP contribution is -2.54. The Morgan fingerprint density at radius 3 is 2.74 bits per heavy atom. The average Bonchev–Trinajstić information content (AvgIpc) is 3.49. The molecular weight excluding hydrogens is 546 g/mol. The number of nitrogens with one attached hydrogen (secondary N) is 2. The predicted octanol–water partition coefficient (Wildman–Crippen LogP) is 4.69. The largest absolute Gasteiger partial charge is 0.508 e. The molecule has 1 aromatic heterocycles. The van der Waals surface area contributed by atoms with Gasteiger partial charge >= 0.3 is 5.97 Å². The zero-order valence-corrected chi connectivity index (χ0v) is 24.9. The molecular formula is C34H41N3O6. The molecule has 3 saturated carbocycles. The van der Waals surface area contributed by atoms with E-state index >= 15 is 0 Å². The maximum Gasteiger partial charge on any atom is 0.326 e. The summed E-state index contributed by atoms with van der Waals surface area (Å²) in [5.74, 6) is 2.71. The van der Waals surface area contributed by atoms with Crippen LogP contribution in [-0.4, -0.2) is 56.1 Å². The number of benzene rings is 1. The third-order valence-electron chi connectivity index (χ3n) is 11.6. The first-order valence-electron chi connectivity index (χ1n) is 15.4. The van der Waals surface area contributed by atoms with Crippen molar-refractivity contribution in [3.05, 3.63) is 41.6 Å². The minimum absolute atomic E-state index is 0.0767. The molecule has 0 saturated heterocycles. The molecule has 1 heterocycles. The Kier molecular flexibility index (Phi) is 7.32. The van der Waals surface area contributed by atoms with Crippen LogP contribution in [0.3, 0.4) is 0 Å². The molecule has 228 valence electrons. The molecule has 7 unspecified atom stereocenters. The van der Waals surface area contributed by atoms with Gasteiger partial charge in [-0.1, -0.05) is 30.5 Å². The number of amides is 1. The number of aromatic amines is 1. The second-order valence-electron chi connectivity index (χ2n) is 13.6. The Balaban J connectivity index is 1.07. The minimum atomic E-state index is -1.15. The summed E-state index contributed by atoms with van der Waals surface area (Å²) in [6.07, 6.45) is 17.2. The second-order valence-corrected chi connectivity index (χ2v) is 13.6. The van der Waals surface area contributed by atoms with E-state index in [-0.39, 0.29) is 29.6 Å². The molecule has 0 bridgehead atoms. The number of aliphatic hydroxyl groups is 1. The van der Waals surface area contributed by atoms with Gasteiger partial charge in [0.15, 0.2) is 6.61 Å². The number of hydrogen-bond donors (Lipinski definition) is 5. The van der Waals surface area contributed by atoms with Crippen molar-refractivity contribution in [1.29, 1.82) is 0 Å². The highest BCUT2D eigenvalue weighted by atomic mass is 16.6. The number of phenolic OH excluding ortho intramolecular Hbond substituents is 1. The van der Waals surface area contributed by atoms with Crippen LogP contribution < -0.4 is 5.32 Å². The van der Waals surface area contributed by atoms with Crippen molar-refractivity contribution >= 4 is 28.5 Å². The number of oxime groups is 1. The predicted molar refractivity (Wildman–Crippen MR) is 162 cm³/mol. The van der Waals surface area contributed by atoms with Crippen molar-refractivity contribution in [2.75, 3.05) is 6.61 Å². The maximum atomic E-state index is 12.6. The van der Waals surface area contributed by atoms with Crippen LogP contribution in [0.5, 0.6) is 5.75 Å². The van der Waals surface area contributed by atoms with Crippen LogP contribution in [-0.2, 0) is 20.8 Å². The molecule has 0 radical (unpaired) electrons. The van der Waals surface area contributed by atoms with Gasteiger partial charge < -0.3 is 30.5 Å². The summed E-state index contributed by atoms with van der Waals surface area (Å²) in [7, 11) is 0. The highest BCUT2D eigenvalue weighted by Gasteiger charge is 2.63. The number of carboxylic acid groups (broad SMARTS) is 1. The molecule has 5 N–H and O–H groups in total. The number of carbonyl (C=O) groups excluding carboxylic acids is 1. The van der Waals surface area contributed by atoms with Crippen LogP contribution in [0.15, 0.2) is 41.2 Å². The van der Waals surface area contributed by atoms with Crippen LogP contribution in [0.2, 0.25) is 0 Å². The number of fused-ring (bicyclic) bond motifs is 6. The average molecular weight is 588 g/mol. The number of aromatic nitrogens is 1. The number of aromatic hydroxyl groups is 1. The summed E-state index contributed by atoms with van der Waals surface area (Å²) >= 11 is 0. The second kappa shape index (κ2) is 10.7. The van der Waals surface area contributed by atoms with Gasteiger partial charge in [0, 0.05) is 35.0 Å². The monoisotopic (exact) mass is 587 g/mol. The Hall–Kier alpha value is -3.77. The lowest BCUT2D eigenvalue weighted by molar-refractivity contribution is -0.142. The number of nitrogens with zero attached hydrogens (tertiary/aromatic N) is 1. The Morgan fingerprint density at radius 2 is 1.98 bits per heavy atom. The van der Waals surface area contributed by atoms with Gasteiger partial charge in [-0.3, -0.25) is 4.79 Å². The topological polar surface area (TPSA) is 144 Å². The smallest absolute Gasteiger partial charge is 0.326 e. The zero-order valence-electron chi connectivity index (χ0n) is 24.9. The van der Waals surface area contributed by atoms with E-state index in [1.54, 1.807) is 18.3 Å². The van der Waals surface area contributed by atoms with Gasteiger partial charge in [-0.2, -0.15) is 0 Å². The third-order valence-corrected chi connectivity index (χ3v) is 11.6. The van der Waals surface area contributed by atoms with Crippen molar-refractivity contribution in [2.24, 2.45) is 33.7 Å². The number of allylic oxidation sites excluding steroid dienone is 2. The van der Waals surface area contributed by atoms with Gasteiger partial charge in [-0.25, -0.2) is 4.79 Å². The first-order valence-corrected chi connectivity index (χ1v) is 15.4. The van der Waals surface area contributed by atoms with E-state index in [9.17, 15) is 24.9 Å². The quantitative estimate of drug-likeness (QED) is 0.235. The van der Waals surface area contributed by atoms with Crippen LogP contribution >= 0.6 is 0 Å². The van der Waals surface area contributed by atoms with Gasteiger partial charge in [-0.15, -0.1) is 6.42 Å². The number of hydrogen-bond acceptors (Lipinski definition) is 6.